The number of nitrogens with zero attached hydrogens (tertiary/aromatic N) is 2. The first-order valence-electron chi connectivity index (χ1n) is 5.93. The van der Waals surface area contributed by atoms with E-state index >= 15 is 0 Å². The van der Waals surface area contributed by atoms with Gasteiger partial charge in [-0.15, -0.1) is 0 Å². The molecular formula is C14H19N3. The molecule has 0 amide bonds. The predicted molar refractivity (Wildman–Crippen MR) is 70.9 cm³/mol. The summed E-state index contributed by atoms with van der Waals surface area (Å²) in [5, 5.41) is 4.54. The maximum Gasteiger partial charge on any atom is 0.0711 e. The summed E-state index contributed by atoms with van der Waals surface area (Å²) >= 11 is 0. The SMILES string of the molecule is Cc1cccc(-c2c(C)c(CCN)nn2C)c1. The Morgan fingerprint density at radius 1 is 1.29 bits per heavy atom. The molecule has 0 saturated heterocycles. The molecule has 0 atom stereocenters. The van der Waals surface area contributed by atoms with Crippen molar-refractivity contribution in [1.29, 1.82) is 0 Å². The molecule has 90 valence electrons. The first-order chi connectivity index (χ1) is 8.13. The summed E-state index contributed by atoms with van der Waals surface area (Å²) in [5.74, 6) is 0. The molecule has 0 radical (unpaired) electrons. The first-order valence-corrected chi connectivity index (χ1v) is 5.93. The van der Waals surface area contributed by atoms with Crippen LogP contribution >= 0.6 is 0 Å². The lowest BCUT2D eigenvalue weighted by atomic mass is 10.0. The van der Waals surface area contributed by atoms with E-state index in [1.807, 2.05) is 11.7 Å². The Labute approximate surface area is 102 Å². The largest absolute Gasteiger partial charge is 0.330 e. The molecule has 0 fully saturated rings. The zero-order valence-corrected chi connectivity index (χ0v) is 10.7. The summed E-state index contributed by atoms with van der Waals surface area (Å²) in [6.45, 7) is 4.87. The van der Waals surface area contributed by atoms with Crippen molar-refractivity contribution in [3.63, 3.8) is 0 Å². The minimum absolute atomic E-state index is 0.644. The van der Waals surface area contributed by atoms with Crippen molar-refractivity contribution in [2.24, 2.45) is 12.8 Å². The summed E-state index contributed by atoms with van der Waals surface area (Å²) in [7, 11) is 1.99. The summed E-state index contributed by atoms with van der Waals surface area (Å²) < 4.78 is 1.95. The fourth-order valence-electron chi connectivity index (χ4n) is 2.26. The highest BCUT2D eigenvalue weighted by atomic mass is 15.3. The molecule has 3 nitrogen and oxygen atoms in total. The topological polar surface area (TPSA) is 43.8 Å². The van der Waals surface area contributed by atoms with Gasteiger partial charge in [0.15, 0.2) is 0 Å². The monoisotopic (exact) mass is 229 g/mol. The zero-order chi connectivity index (χ0) is 12.4. The van der Waals surface area contributed by atoms with E-state index < -0.39 is 0 Å². The number of benzene rings is 1. The van der Waals surface area contributed by atoms with Crippen LogP contribution in [0.25, 0.3) is 11.3 Å². The fraction of sp³-hybridized carbons (Fsp3) is 0.357. The molecule has 1 aromatic heterocycles. The second kappa shape index (κ2) is 4.72. The van der Waals surface area contributed by atoms with Crippen LogP contribution in [0.3, 0.4) is 0 Å². The molecule has 0 saturated carbocycles. The Balaban J connectivity index is 2.52. The second-order valence-corrected chi connectivity index (χ2v) is 4.45. The minimum Gasteiger partial charge on any atom is -0.330 e. The van der Waals surface area contributed by atoms with Crippen LogP contribution in [0.5, 0.6) is 0 Å². The number of hydrogen-bond acceptors (Lipinski definition) is 2. The van der Waals surface area contributed by atoms with E-state index in [0.29, 0.717) is 6.54 Å². The van der Waals surface area contributed by atoms with Gasteiger partial charge in [-0.1, -0.05) is 23.8 Å². The van der Waals surface area contributed by atoms with Crippen LogP contribution in [0.15, 0.2) is 24.3 Å². The zero-order valence-electron chi connectivity index (χ0n) is 10.7. The Bertz CT molecular complexity index is 526. The van der Waals surface area contributed by atoms with Crippen molar-refractivity contribution < 1.29 is 0 Å². The maximum atomic E-state index is 5.60. The number of aryl methyl sites for hydroxylation is 2. The van der Waals surface area contributed by atoms with E-state index in [1.165, 1.54) is 22.4 Å². The third-order valence-electron chi connectivity index (χ3n) is 3.06. The summed E-state index contributed by atoms with van der Waals surface area (Å²) in [4.78, 5) is 0. The third-order valence-corrected chi connectivity index (χ3v) is 3.06. The van der Waals surface area contributed by atoms with Crippen LogP contribution in [-0.4, -0.2) is 16.3 Å². The molecule has 0 aliphatic heterocycles. The van der Waals surface area contributed by atoms with Gasteiger partial charge in [0.2, 0.25) is 0 Å². The average Bonchev–Trinajstić information content (AvgIpc) is 2.55. The van der Waals surface area contributed by atoms with Crippen molar-refractivity contribution in [1.82, 2.24) is 9.78 Å². The molecule has 1 aromatic carbocycles. The van der Waals surface area contributed by atoms with E-state index in [0.717, 1.165) is 12.1 Å². The molecule has 2 rings (SSSR count). The summed E-state index contributed by atoms with van der Waals surface area (Å²) in [6, 6.07) is 8.51. The fourth-order valence-corrected chi connectivity index (χ4v) is 2.26. The normalized spacial score (nSPS) is 10.8. The van der Waals surface area contributed by atoms with Crippen molar-refractivity contribution >= 4 is 0 Å². The van der Waals surface area contributed by atoms with Crippen LogP contribution in [0, 0.1) is 13.8 Å². The van der Waals surface area contributed by atoms with Crippen molar-refractivity contribution in [2.75, 3.05) is 6.54 Å². The van der Waals surface area contributed by atoms with Gasteiger partial charge in [0, 0.05) is 19.0 Å². The van der Waals surface area contributed by atoms with Crippen molar-refractivity contribution in [3.8, 4) is 11.3 Å². The van der Waals surface area contributed by atoms with Gasteiger partial charge in [0.05, 0.1) is 11.4 Å². The van der Waals surface area contributed by atoms with E-state index in [4.69, 9.17) is 5.73 Å². The summed E-state index contributed by atoms with van der Waals surface area (Å²) in [5.41, 5.74) is 11.6. The highest BCUT2D eigenvalue weighted by Crippen LogP contribution is 2.25. The van der Waals surface area contributed by atoms with Gasteiger partial charge in [-0.25, -0.2) is 0 Å². The molecular weight excluding hydrogens is 210 g/mol. The quantitative estimate of drug-likeness (QED) is 0.877. The molecule has 0 aliphatic carbocycles. The third kappa shape index (κ3) is 2.24. The van der Waals surface area contributed by atoms with Crippen LogP contribution in [0.2, 0.25) is 0 Å². The highest BCUT2D eigenvalue weighted by Gasteiger charge is 2.13. The summed E-state index contributed by atoms with van der Waals surface area (Å²) in [6.07, 6.45) is 0.839. The Kier molecular flexibility index (Phi) is 3.29. The number of rotatable bonds is 3. The van der Waals surface area contributed by atoms with Crippen LogP contribution < -0.4 is 5.73 Å². The lowest BCUT2D eigenvalue weighted by Crippen LogP contribution is -2.04. The van der Waals surface area contributed by atoms with Gasteiger partial charge >= 0.3 is 0 Å². The van der Waals surface area contributed by atoms with Crippen LogP contribution in [0.4, 0.5) is 0 Å². The number of hydrogen-bond donors (Lipinski definition) is 1. The Morgan fingerprint density at radius 2 is 2.06 bits per heavy atom. The molecule has 0 aliphatic rings. The van der Waals surface area contributed by atoms with E-state index in [-0.39, 0.29) is 0 Å². The highest BCUT2D eigenvalue weighted by molar-refractivity contribution is 5.65. The van der Waals surface area contributed by atoms with Crippen molar-refractivity contribution in [3.05, 3.63) is 41.1 Å². The standard InChI is InChI=1S/C14H19N3/c1-10-5-4-6-12(9-10)14-11(2)13(7-8-15)16-17(14)3/h4-6,9H,7-8,15H2,1-3H3. The first kappa shape index (κ1) is 11.9. The molecule has 0 bridgehead atoms. The molecule has 1 heterocycles. The molecule has 3 heteroatoms. The Morgan fingerprint density at radius 3 is 2.71 bits per heavy atom. The molecule has 2 aromatic rings. The molecule has 2 N–H and O–H groups in total. The molecule has 0 unspecified atom stereocenters. The van der Waals surface area contributed by atoms with Gasteiger partial charge in [-0.05, 0) is 32.0 Å². The second-order valence-electron chi connectivity index (χ2n) is 4.45. The number of aromatic nitrogens is 2. The predicted octanol–water partition coefficient (Wildman–Crippen LogP) is 2.21. The van der Waals surface area contributed by atoms with Gasteiger partial charge in [0.1, 0.15) is 0 Å². The Hall–Kier alpha value is -1.61. The van der Waals surface area contributed by atoms with Crippen LogP contribution in [0.1, 0.15) is 16.8 Å². The van der Waals surface area contributed by atoms with Crippen LogP contribution in [-0.2, 0) is 13.5 Å². The van der Waals surface area contributed by atoms with Gasteiger partial charge in [-0.2, -0.15) is 5.10 Å². The molecule has 0 spiro atoms. The maximum absolute atomic E-state index is 5.60. The lowest BCUT2D eigenvalue weighted by Gasteiger charge is -2.05. The van der Waals surface area contributed by atoms with Gasteiger partial charge < -0.3 is 5.73 Å². The van der Waals surface area contributed by atoms with E-state index in [9.17, 15) is 0 Å². The van der Waals surface area contributed by atoms with E-state index in [1.54, 1.807) is 0 Å². The number of nitrogens with two attached hydrogens (primary N) is 1. The average molecular weight is 229 g/mol. The van der Waals surface area contributed by atoms with Gasteiger partial charge in [0.25, 0.3) is 0 Å². The lowest BCUT2D eigenvalue weighted by molar-refractivity contribution is 0.745. The van der Waals surface area contributed by atoms with E-state index in [2.05, 4.69) is 43.2 Å². The molecule has 17 heavy (non-hydrogen) atoms. The van der Waals surface area contributed by atoms with Gasteiger partial charge in [-0.3, -0.25) is 4.68 Å². The smallest absolute Gasteiger partial charge is 0.0711 e. The minimum atomic E-state index is 0.644. The van der Waals surface area contributed by atoms with Crippen molar-refractivity contribution in [2.45, 2.75) is 20.3 Å².